The lowest BCUT2D eigenvalue weighted by Crippen LogP contribution is -1.69. The van der Waals surface area contributed by atoms with E-state index in [4.69, 9.17) is 23.6 Å². The quantitative estimate of drug-likeness (QED) is 0.698. The van der Waals surface area contributed by atoms with Gasteiger partial charge in [0.25, 0.3) is 0 Å². The molecule has 0 aromatic heterocycles. The third-order valence-corrected chi connectivity index (χ3v) is 4.25. The molecule has 0 atom stereocenters. The van der Waals surface area contributed by atoms with Gasteiger partial charge in [-0.3, -0.25) is 0 Å². The lowest BCUT2D eigenvalue weighted by Gasteiger charge is -1.94. The van der Waals surface area contributed by atoms with E-state index in [0.29, 0.717) is 0 Å². The van der Waals surface area contributed by atoms with Crippen molar-refractivity contribution in [1.82, 2.24) is 0 Å². The molecule has 0 amide bonds. The first-order chi connectivity index (χ1) is 5.18. The van der Waals surface area contributed by atoms with Gasteiger partial charge in [-0.2, -0.15) is 0 Å². The molecule has 0 saturated carbocycles. The van der Waals surface area contributed by atoms with Gasteiger partial charge < -0.3 is 0 Å². The average Bonchev–Trinajstić information content (AvgIpc) is 1.93. The fourth-order valence-corrected chi connectivity index (χ4v) is 3.55. The molecule has 0 bridgehead atoms. The number of benzene rings is 1. The van der Waals surface area contributed by atoms with Crippen LogP contribution in [0.1, 0.15) is 5.56 Å². The van der Waals surface area contributed by atoms with Gasteiger partial charge in [-0.05, 0) is 54.1 Å². The van der Waals surface area contributed by atoms with Crippen LogP contribution in [0.25, 0.3) is 0 Å². The van der Waals surface area contributed by atoms with Crippen LogP contribution in [-0.4, -0.2) is 0 Å². The summed E-state index contributed by atoms with van der Waals surface area (Å²) in [4.78, 5) is 1.19. The first-order valence-electron chi connectivity index (χ1n) is 3.07. The van der Waals surface area contributed by atoms with Crippen molar-refractivity contribution in [3.05, 3.63) is 29.8 Å². The molecule has 0 aliphatic heterocycles. The van der Waals surface area contributed by atoms with Crippen molar-refractivity contribution in [2.75, 3.05) is 0 Å². The van der Waals surface area contributed by atoms with Crippen LogP contribution in [0.2, 0.25) is 0 Å². The maximum Gasteiger partial charge on any atom is 0.0746 e. The average molecular weight is 218 g/mol. The minimum absolute atomic E-state index is 0.703. The Bertz CT molecular complexity index is 292. The molecule has 1 rings (SSSR count). The van der Waals surface area contributed by atoms with E-state index in [9.17, 15) is 0 Å². The van der Waals surface area contributed by atoms with E-state index in [1.54, 1.807) is 11.4 Å². The summed E-state index contributed by atoms with van der Waals surface area (Å²) in [6.07, 6.45) is 0. The van der Waals surface area contributed by atoms with E-state index in [2.05, 4.69) is 31.2 Å². The third kappa shape index (κ3) is 3.48. The molecule has 0 N–H and O–H groups in total. The topological polar surface area (TPSA) is 0 Å². The second-order valence-electron chi connectivity index (χ2n) is 2.13. The molecule has 0 fully saturated rings. The molecule has 11 heavy (non-hydrogen) atoms. The minimum atomic E-state index is -0.703. The zero-order valence-corrected chi connectivity index (χ0v) is 9.33. The van der Waals surface area contributed by atoms with Crippen molar-refractivity contribution in [2.45, 2.75) is 11.8 Å². The van der Waals surface area contributed by atoms with Crippen molar-refractivity contribution in [2.24, 2.45) is 0 Å². The Hall–Kier alpha value is 0.310. The molecule has 58 valence electrons. The van der Waals surface area contributed by atoms with Gasteiger partial charge in [0.1, 0.15) is 0 Å². The molecule has 1 aromatic carbocycles. The first-order valence-corrected chi connectivity index (χ1v) is 7.86. The molecular formula is C7H7PS3. The summed E-state index contributed by atoms with van der Waals surface area (Å²) in [5.74, 6) is 0. The second kappa shape index (κ2) is 4.36. The molecular weight excluding hydrogens is 211 g/mol. The van der Waals surface area contributed by atoms with Crippen LogP contribution < -0.4 is 0 Å². The maximum absolute atomic E-state index is 4.94. The predicted octanol–water partition coefficient (Wildman–Crippen LogP) is 3.41. The SMILES string of the molecule is Cc1ccc(SP(=S)=S)cc1. The molecule has 0 heterocycles. The number of hydrogen-bond acceptors (Lipinski definition) is 3. The molecule has 0 aliphatic carbocycles. The summed E-state index contributed by atoms with van der Waals surface area (Å²) < 4.78 is -0.703. The lowest BCUT2D eigenvalue weighted by molar-refractivity contribution is 1.38. The summed E-state index contributed by atoms with van der Waals surface area (Å²) in [7, 11) is 0. The molecule has 0 nitrogen and oxygen atoms in total. The third-order valence-electron chi connectivity index (χ3n) is 1.20. The van der Waals surface area contributed by atoms with Crippen LogP contribution >= 0.6 is 16.1 Å². The highest BCUT2D eigenvalue weighted by atomic mass is 33.1. The Morgan fingerprint density at radius 1 is 1.18 bits per heavy atom. The zero-order chi connectivity index (χ0) is 8.27. The van der Waals surface area contributed by atoms with E-state index < -0.39 is 4.67 Å². The monoisotopic (exact) mass is 218 g/mol. The van der Waals surface area contributed by atoms with Crippen molar-refractivity contribution in [3.8, 4) is 0 Å². The maximum atomic E-state index is 4.94. The fraction of sp³-hybridized carbons (Fsp3) is 0.143. The zero-order valence-electron chi connectivity index (χ0n) is 5.98. The van der Waals surface area contributed by atoms with Crippen molar-refractivity contribution in [3.63, 3.8) is 0 Å². The largest absolute Gasteiger partial charge is 0.0746 e. The van der Waals surface area contributed by atoms with Gasteiger partial charge in [0.15, 0.2) is 0 Å². The van der Waals surface area contributed by atoms with Gasteiger partial charge in [-0.25, -0.2) is 0 Å². The second-order valence-corrected chi connectivity index (χ2v) is 9.14. The molecule has 0 aliphatic rings. The van der Waals surface area contributed by atoms with E-state index in [1.807, 2.05) is 0 Å². The smallest absolute Gasteiger partial charge is 0.0582 e. The van der Waals surface area contributed by atoms with Crippen molar-refractivity contribution in [1.29, 1.82) is 0 Å². The van der Waals surface area contributed by atoms with E-state index in [-0.39, 0.29) is 0 Å². The number of rotatable bonds is 2. The Morgan fingerprint density at radius 2 is 1.73 bits per heavy atom. The Balaban J connectivity index is 2.82. The lowest BCUT2D eigenvalue weighted by atomic mass is 10.2. The van der Waals surface area contributed by atoms with Gasteiger partial charge in [0.05, 0.1) is 4.67 Å². The van der Waals surface area contributed by atoms with Gasteiger partial charge in [0.2, 0.25) is 0 Å². The van der Waals surface area contributed by atoms with Crippen LogP contribution in [0.5, 0.6) is 0 Å². The van der Waals surface area contributed by atoms with Crippen molar-refractivity contribution >= 4 is 39.7 Å². The first kappa shape index (κ1) is 9.40. The highest BCUT2D eigenvalue weighted by Gasteiger charge is 1.90. The van der Waals surface area contributed by atoms with E-state index in [1.165, 1.54) is 10.5 Å². The molecule has 0 spiro atoms. The van der Waals surface area contributed by atoms with Gasteiger partial charge in [-0.15, -0.1) is 0 Å². The van der Waals surface area contributed by atoms with Crippen molar-refractivity contribution < 1.29 is 0 Å². The van der Waals surface area contributed by atoms with Gasteiger partial charge in [-0.1, -0.05) is 17.7 Å². The summed E-state index contributed by atoms with van der Waals surface area (Å²) in [6, 6.07) is 8.28. The normalized spacial score (nSPS) is 9.55. The van der Waals surface area contributed by atoms with Crippen LogP contribution in [0.4, 0.5) is 0 Å². The molecule has 4 heteroatoms. The Labute approximate surface area is 81.2 Å². The molecule has 0 unspecified atom stereocenters. The van der Waals surface area contributed by atoms with Crippen LogP contribution in [0, 0.1) is 6.92 Å². The summed E-state index contributed by atoms with van der Waals surface area (Å²) in [6.45, 7) is 2.07. The molecule has 0 saturated heterocycles. The Morgan fingerprint density at radius 3 is 2.18 bits per heavy atom. The summed E-state index contributed by atoms with van der Waals surface area (Å²) in [5.41, 5.74) is 1.27. The van der Waals surface area contributed by atoms with Gasteiger partial charge in [0, 0.05) is 4.90 Å². The summed E-state index contributed by atoms with van der Waals surface area (Å²) in [5, 5.41) is 0. The highest BCUT2D eigenvalue weighted by Crippen LogP contribution is 2.34. The standard InChI is InChI=1S/C7H7PS3/c1-6-2-4-7(5-3-6)11-8(9)10/h2-5H,1H3. The van der Waals surface area contributed by atoms with Crippen LogP contribution in [0.15, 0.2) is 29.2 Å². The van der Waals surface area contributed by atoms with Crippen LogP contribution in [-0.2, 0) is 23.6 Å². The molecule has 1 aromatic rings. The predicted molar refractivity (Wildman–Crippen MR) is 58.7 cm³/mol. The fourth-order valence-electron chi connectivity index (χ4n) is 0.685. The van der Waals surface area contributed by atoms with E-state index in [0.717, 1.165) is 0 Å². The molecule has 0 radical (unpaired) electrons. The number of hydrogen-bond donors (Lipinski definition) is 0. The van der Waals surface area contributed by atoms with Crippen LogP contribution in [0.3, 0.4) is 0 Å². The minimum Gasteiger partial charge on any atom is -0.0582 e. The number of aryl methyl sites for hydroxylation is 1. The summed E-state index contributed by atoms with van der Waals surface area (Å²) >= 11 is 11.5. The van der Waals surface area contributed by atoms with Gasteiger partial charge >= 0.3 is 0 Å². The Kier molecular flexibility index (Phi) is 3.73. The van der Waals surface area contributed by atoms with E-state index >= 15 is 0 Å². The highest BCUT2D eigenvalue weighted by molar-refractivity contribution is 8.72.